The zero-order chi connectivity index (χ0) is 18.1. The van der Waals surface area contributed by atoms with Gasteiger partial charge in [0.1, 0.15) is 5.82 Å². The van der Waals surface area contributed by atoms with Gasteiger partial charge in [-0.05, 0) is 38.1 Å². The number of nitrogens with one attached hydrogen (secondary N) is 1. The van der Waals surface area contributed by atoms with Gasteiger partial charge in [0.15, 0.2) is 11.5 Å². The van der Waals surface area contributed by atoms with Gasteiger partial charge in [-0.3, -0.25) is 4.79 Å². The quantitative estimate of drug-likeness (QED) is 0.913. The highest BCUT2D eigenvalue weighted by Crippen LogP contribution is 2.34. The predicted molar refractivity (Wildman–Crippen MR) is 97.0 cm³/mol. The average Bonchev–Trinajstić information content (AvgIpc) is 3.09. The number of rotatable bonds is 3. The Kier molecular flexibility index (Phi) is 4.38. The number of carbonyl (C=O) groups is 1. The number of morpholine rings is 1. The fraction of sp³-hybridized carbons (Fsp3) is 0.368. The maximum Gasteiger partial charge on any atom is 0.257 e. The Balaban J connectivity index is 1.44. The van der Waals surface area contributed by atoms with Crippen molar-refractivity contribution in [1.29, 1.82) is 0 Å². The summed E-state index contributed by atoms with van der Waals surface area (Å²) in [6.07, 6.45) is 1.92. The number of hydrogen-bond acceptors (Lipinski definition) is 6. The van der Waals surface area contributed by atoms with E-state index < -0.39 is 0 Å². The van der Waals surface area contributed by atoms with Gasteiger partial charge in [-0.15, -0.1) is 0 Å². The largest absolute Gasteiger partial charge is 0.454 e. The molecule has 0 saturated carbocycles. The van der Waals surface area contributed by atoms with Crippen molar-refractivity contribution in [2.45, 2.75) is 26.1 Å². The first kappa shape index (κ1) is 16.7. The molecule has 7 nitrogen and oxygen atoms in total. The number of fused-ring (bicyclic) bond motifs is 1. The normalized spacial score (nSPS) is 21.5. The van der Waals surface area contributed by atoms with Crippen LogP contribution in [0, 0.1) is 0 Å². The Morgan fingerprint density at radius 2 is 1.88 bits per heavy atom. The predicted octanol–water partition coefficient (Wildman–Crippen LogP) is 2.68. The summed E-state index contributed by atoms with van der Waals surface area (Å²) in [5, 5.41) is 2.85. The van der Waals surface area contributed by atoms with E-state index in [0.29, 0.717) is 22.7 Å². The van der Waals surface area contributed by atoms with Crippen LogP contribution in [-0.2, 0) is 4.74 Å². The van der Waals surface area contributed by atoms with Crippen molar-refractivity contribution in [3.05, 3.63) is 42.1 Å². The van der Waals surface area contributed by atoms with Gasteiger partial charge in [-0.25, -0.2) is 4.98 Å². The molecule has 2 aliphatic heterocycles. The summed E-state index contributed by atoms with van der Waals surface area (Å²) in [6, 6.07) is 8.97. The maximum atomic E-state index is 12.4. The molecule has 3 heterocycles. The fourth-order valence-electron chi connectivity index (χ4n) is 3.25. The molecule has 1 saturated heterocycles. The summed E-state index contributed by atoms with van der Waals surface area (Å²) >= 11 is 0. The molecule has 0 bridgehead atoms. The van der Waals surface area contributed by atoms with Gasteiger partial charge in [0.05, 0.1) is 17.8 Å². The number of amides is 1. The van der Waals surface area contributed by atoms with E-state index in [-0.39, 0.29) is 24.9 Å². The molecule has 0 radical (unpaired) electrons. The van der Waals surface area contributed by atoms with Crippen LogP contribution >= 0.6 is 0 Å². The van der Waals surface area contributed by atoms with Crippen molar-refractivity contribution >= 4 is 17.4 Å². The van der Waals surface area contributed by atoms with Crippen LogP contribution in [0.2, 0.25) is 0 Å². The Morgan fingerprint density at radius 1 is 1.12 bits per heavy atom. The molecule has 2 aliphatic rings. The molecule has 2 aromatic rings. The van der Waals surface area contributed by atoms with Crippen LogP contribution in [0.15, 0.2) is 36.5 Å². The Labute approximate surface area is 151 Å². The Morgan fingerprint density at radius 3 is 2.62 bits per heavy atom. The molecule has 1 aromatic carbocycles. The summed E-state index contributed by atoms with van der Waals surface area (Å²) in [5.41, 5.74) is 1.15. The van der Waals surface area contributed by atoms with Crippen LogP contribution in [-0.4, -0.2) is 43.0 Å². The monoisotopic (exact) mass is 355 g/mol. The standard InChI is InChI=1S/C19H21N3O4/c1-12-9-22(10-13(2)26-12)18-6-3-14(8-20-18)19(23)21-15-4-5-16-17(7-15)25-11-24-16/h3-8,12-13H,9-11H2,1-2H3,(H,21,23). The molecule has 26 heavy (non-hydrogen) atoms. The number of nitrogens with zero attached hydrogens (tertiary/aromatic N) is 2. The highest BCUT2D eigenvalue weighted by atomic mass is 16.7. The van der Waals surface area contributed by atoms with Gasteiger partial charge < -0.3 is 24.4 Å². The van der Waals surface area contributed by atoms with Gasteiger partial charge in [-0.2, -0.15) is 0 Å². The van der Waals surface area contributed by atoms with Gasteiger partial charge >= 0.3 is 0 Å². The molecule has 0 aliphatic carbocycles. The molecular formula is C19H21N3O4. The van der Waals surface area contributed by atoms with Crippen molar-refractivity contribution in [2.75, 3.05) is 30.1 Å². The zero-order valence-electron chi connectivity index (χ0n) is 14.8. The van der Waals surface area contributed by atoms with Gasteiger partial charge in [0, 0.05) is 31.0 Å². The van der Waals surface area contributed by atoms with E-state index in [1.54, 1.807) is 30.5 Å². The number of benzene rings is 1. The van der Waals surface area contributed by atoms with Crippen LogP contribution < -0.4 is 19.7 Å². The third-order valence-electron chi connectivity index (χ3n) is 4.38. The molecule has 1 aromatic heterocycles. The number of ether oxygens (including phenoxy) is 3. The number of anilines is 2. The maximum absolute atomic E-state index is 12.4. The SMILES string of the molecule is CC1CN(c2ccc(C(=O)Nc3ccc4c(c3)OCO4)cn2)CC(C)O1. The van der Waals surface area contributed by atoms with E-state index in [1.807, 2.05) is 6.07 Å². The lowest BCUT2D eigenvalue weighted by atomic mass is 10.2. The first-order valence-electron chi connectivity index (χ1n) is 8.66. The van der Waals surface area contributed by atoms with Crippen molar-refractivity contribution in [1.82, 2.24) is 4.98 Å². The van der Waals surface area contributed by atoms with Crippen LogP contribution in [0.5, 0.6) is 11.5 Å². The highest BCUT2D eigenvalue weighted by molar-refractivity contribution is 6.04. The minimum Gasteiger partial charge on any atom is -0.454 e. The van der Waals surface area contributed by atoms with E-state index in [4.69, 9.17) is 14.2 Å². The fourth-order valence-corrected chi connectivity index (χ4v) is 3.25. The van der Waals surface area contributed by atoms with Gasteiger partial charge in [0.25, 0.3) is 5.91 Å². The second-order valence-corrected chi connectivity index (χ2v) is 6.59. The molecule has 4 rings (SSSR count). The van der Waals surface area contributed by atoms with Crippen molar-refractivity contribution in [3.63, 3.8) is 0 Å². The lowest BCUT2D eigenvalue weighted by molar-refractivity contribution is -0.00546. The van der Waals surface area contributed by atoms with E-state index >= 15 is 0 Å². The van der Waals surface area contributed by atoms with Crippen molar-refractivity contribution in [3.8, 4) is 11.5 Å². The summed E-state index contributed by atoms with van der Waals surface area (Å²) < 4.78 is 16.3. The first-order valence-corrected chi connectivity index (χ1v) is 8.66. The summed E-state index contributed by atoms with van der Waals surface area (Å²) in [7, 11) is 0. The molecular weight excluding hydrogens is 334 g/mol. The van der Waals surface area contributed by atoms with E-state index in [2.05, 4.69) is 29.0 Å². The topological polar surface area (TPSA) is 72.9 Å². The number of carbonyl (C=O) groups excluding carboxylic acids is 1. The van der Waals surface area contributed by atoms with Gasteiger partial charge in [-0.1, -0.05) is 0 Å². The van der Waals surface area contributed by atoms with E-state index in [9.17, 15) is 4.79 Å². The number of aromatic nitrogens is 1. The molecule has 1 fully saturated rings. The Hall–Kier alpha value is -2.80. The highest BCUT2D eigenvalue weighted by Gasteiger charge is 2.23. The lowest BCUT2D eigenvalue weighted by Gasteiger charge is -2.36. The molecule has 2 unspecified atom stereocenters. The smallest absolute Gasteiger partial charge is 0.257 e. The summed E-state index contributed by atoms with van der Waals surface area (Å²) in [5.74, 6) is 1.95. The van der Waals surface area contributed by atoms with E-state index in [1.165, 1.54) is 0 Å². The molecule has 7 heteroatoms. The number of hydrogen-bond donors (Lipinski definition) is 1. The van der Waals surface area contributed by atoms with Crippen LogP contribution in [0.4, 0.5) is 11.5 Å². The zero-order valence-corrected chi connectivity index (χ0v) is 14.8. The third kappa shape index (κ3) is 3.43. The lowest BCUT2D eigenvalue weighted by Crippen LogP contribution is -2.45. The Bertz CT molecular complexity index is 799. The van der Waals surface area contributed by atoms with Crippen molar-refractivity contribution in [2.24, 2.45) is 0 Å². The van der Waals surface area contributed by atoms with Gasteiger partial charge in [0.2, 0.25) is 6.79 Å². The third-order valence-corrected chi connectivity index (χ3v) is 4.38. The second-order valence-electron chi connectivity index (χ2n) is 6.59. The molecule has 1 N–H and O–H groups in total. The molecule has 2 atom stereocenters. The van der Waals surface area contributed by atoms with E-state index in [0.717, 1.165) is 18.9 Å². The molecule has 136 valence electrons. The van der Waals surface area contributed by atoms with Crippen LogP contribution in [0.25, 0.3) is 0 Å². The molecule has 0 spiro atoms. The van der Waals surface area contributed by atoms with Crippen molar-refractivity contribution < 1.29 is 19.0 Å². The minimum absolute atomic E-state index is 0.162. The average molecular weight is 355 g/mol. The molecule has 1 amide bonds. The minimum atomic E-state index is -0.216. The first-order chi connectivity index (χ1) is 12.6. The van der Waals surface area contributed by atoms with Crippen LogP contribution in [0.3, 0.4) is 0 Å². The summed E-state index contributed by atoms with van der Waals surface area (Å²) in [4.78, 5) is 19.1. The summed E-state index contributed by atoms with van der Waals surface area (Å²) in [6.45, 7) is 5.89. The van der Waals surface area contributed by atoms with Crippen LogP contribution in [0.1, 0.15) is 24.2 Å². The number of pyridine rings is 1. The second kappa shape index (κ2) is 6.84.